The second-order valence-electron chi connectivity index (χ2n) is 6.48. The molecule has 1 fully saturated rings. The highest BCUT2D eigenvalue weighted by Gasteiger charge is 2.48. The van der Waals surface area contributed by atoms with Crippen LogP contribution in [0.3, 0.4) is 0 Å². The number of alkyl halides is 3. The monoisotopic (exact) mass is 410 g/mol. The molecule has 3 N–H and O–H groups in total. The number of imide groups is 1. The number of nitrogens with two attached hydrogens (primary N) is 1. The second-order valence-corrected chi connectivity index (χ2v) is 7.62. The quantitative estimate of drug-likeness (QED) is 0.584. The maximum Gasteiger partial charge on any atom is 0.446 e. The van der Waals surface area contributed by atoms with Crippen molar-refractivity contribution < 1.29 is 22.8 Å². The molecule has 3 rings (SSSR count). The van der Waals surface area contributed by atoms with Gasteiger partial charge in [0.25, 0.3) is 5.91 Å². The summed E-state index contributed by atoms with van der Waals surface area (Å²) in [5, 5.41) is 2.67. The molecule has 0 aliphatic carbocycles. The summed E-state index contributed by atoms with van der Waals surface area (Å²) < 4.78 is 37.4. The third kappa shape index (κ3) is 4.28. The molecule has 28 heavy (non-hydrogen) atoms. The van der Waals surface area contributed by atoms with Crippen LogP contribution in [-0.2, 0) is 17.8 Å². The number of nitrogens with zero attached hydrogens (tertiary/aromatic N) is 2. The zero-order valence-electron chi connectivity index (χ0n) is 14.8. The van der Waals surface area contributed by atoms with Crippen molar-refractivity contribution in [3.05, 3.63) is 53.9 Å². The molecule has 2 heterocycles. The largest absolute Gasteiger partial charge is 0.446 e. The van der Waals surface area contributed by atoms with E-state index in [1.54, 1.807) is 25.3 Å². The lowest BCUT2D eigenvalue weighted by atomic mass is 9.93. The molecule has 10 heteroatoms. The molecule has 0 radical (unpaired) electrons. The van der Waals surface area contributed by atoms with Crippen LogP contribution >= 0.6 is 11.8 Å². The van der Waals surface area contributed by atoms with Crippen LogP contribution in [0, 0.1) is 0 Å². The summed E-state index contributed by atoms with van der Waals surface area (Å²) in [6.07, 6.45) is 1.81. The Bertz CT molecular complexity index is 904. The van der Waals surface area contributed by atoms with Crippen LogP contribution in [-0.4, -0.2) is 28.0 Å². The predicted molar refractivity (Wildman–Crippen MR) is 98.6 cm³/mol. The number of amides is 3. The number of hydrogen-bond acceptors (Lipinski definition) is 5. The zero-order chi connectivity index (χ0) is 20.5. The van der Waals surface area contributed by atoms with E-state index in [4.69, 9.17) is 5.73 Å². The summed E-state index contributed by atoms with van der Waals surface area (Å²) in [7, 11) is 0. The van der Waals surface area contributed by atoms with Gasteiger partial charge in [0.2, 0.25) is 0 Å². The summed E-state index contributed by atoms with van der Waals surface area (Å²) in [6.45, 7) is 1.85. The summed E-state index contributed by atoms with van der Waals surface area (Å²) in [4.78, 5) is 30.3. The van der Waals surface area contributed by atoms with E-state index in [2.05, 4.69) is 10.3 Å². The van der Waals surface area contributed by atoms with E-state index in [1.807, 2.05) is 0 Å². The zero-order valence-corrected chi connectivity index (χ0v) is 15.6. The van der Waals surface area contributed by atoms with Gasteiger partial charge in [-0.15, -0.1) is 0 Å². The van der Waals surface area contributed by atoms with Crippen molar-refractivity contribution in [3.63, 3.8) is 0 Å². The minimum atomic E-state index is -4.41. The van der Waals surface area contributed by atoms with Crippen molar-refractivity contribution in [2.75, 3.05) is 4.90 Å². The molecule has 2 aromatic rings. The van der Waals surface area contributed by atoms with Crippen LogP contribution in [0.5, 0.6) is 0 Å². The molecule has 1 aromatic carbocycles. The third-order valence-corrected chi connectivity index (χ3v) is 4.98. The third-order valence-electron chi connectivity index (χ3n) is 4.24. The van der Waals surface area contributed by atoms with Gasteiger partial charge in [0.15, 0.2) is 0 Å². The van der Waals surface area contributed by atoms with Gasteiger partial charge >= 0.3 is 11.5 Å². The van der Waals surface area contributed by atoms with Crippen molar-refractivity contribution in [1.29, 1.82) is 0 Å². The molecular weight excluding hydrogens is 393 g/mol. The van der Waals surface area contributed by atoms with Crippen molar-refractivity contribution in [2.24, 2.45) is 5.73 Å². The Morgan fingerprint density at radius 3 is 2.50 bits per heavy atom. The second kappa shape index (κ2) is 7.44. The van der Waals surface area contributed by atoms with E-state index in [-0.39, 0.29) is 35.3 Å². The maximum absolute atomic E-state index is 12.9. The molecule has 1 aliphatic rings. The van der Waals surface area contributed by atoms with Crippen molar-refractivity contribution >= 4 is 29.4 Å². The number of pyridine rings is 1. The van der Waals surface area contributed by atoms with Gasteiger partial charge < -0.3 is 11.1 Å². The first-order chi connectivity index (χ1) is 13.1. The Balaban J connectivity index is 1.80. The number of anilines is 1. The van der Waals surface area contributed by atoms with Crippen molar-refractivity contribution in [2.45, 2.75) is 35.8 Å². The minimum absolute atomic E-state index is 0.0304. The summed E-state index contributed by atoms with van der Waals surface area (Å²) in [6, 6.07) is 7.94. The fraction of sp³-hybridized carbons (Fsp3) is 0.278. The highest BCUT2D eigenvalue weighted by atomic mass is 32.2. The number of nitrogens with one attached hydrogen (secondary N) is 1. The van der Waals surface area contributed by atoms with Gasteiger partial charge in [-0.05, 0) is 60.6 Å². The van der Waals surface area contributed by atoms with Crippen molar-refractivity contribution in [1.82, 2.24) is 10.3 Å². The van der Waals surface area contributed by atoms with Crippen LogP contribution in [0.1, 0.15) is 18.2 Å². The standard InChI is InChI=1S/C18H17F3N4O2S/c1-17(9-11-6-7-23-12(8-11)10-22)15(26)25(16(27)24-17)13-2-4-14(5-3-13)28-18(19,20)21/h2-8H,9-10,22H2,1H3,(H,24,27). The van der Waals surface area contributed by atoms with Crippen molar-refractivity contribution in [3.8, 4) is 0 Å². The SMILES string of the molecule is CC1(Cc2ccnc(CN)c2)NC(=O)N(c2ccc(SC(F)(F)F)cc2)C1=O. The molecule has 0 bridgehead atoms. The molecular formula is C18H17F3N4O2S. The molecule has 1 saturated heterocycles. The van der Waals surface area contributed by atoms with E-state index in [0.29, 0.717) is 5.69 Å². The maximum atomic E-state index is 12.9. The van der Waals surface area contributed by atoms with Gasteiger partial charge in [0.05, 0.1) is 11.4 Å². The normalized spacial score (nSPS) is 19.8. The topological polar surface area (TPSA) is 88.3 Å². The van der Waals surface area contributed by atoms with E-state index < -0.39 is 23.0 Å². The molecule has 1 atom stereocenters. The van der Waals surface area contributed by atoms with Gasteiger partial charge in [0.1, 0.15) is 5.54 Å². The fourth-order valence-electron chi connectivity index (χ4n) is 2.99. The lowest BCUT2D eigenvalue weighted by Crippen LogP contribution is -2.46. The van der Waals surface area contributed by atoms with Gasteiger partial charge in [0, 0.05) is 24.1 Å². The fourth-order valence-corrected chi connectivity index (χ4v) is 3.53. The van der Waals surface area contributed by atoms with Gasteiger partial charge in [-0.3, -0.25) is 9.78 Å². The Hall–Kier alpha value is -2.59. The smallest absolute Gasteiger partial charge is 0.325 e. The highest BCUT2D eigenvalue weighted by molar-refractivity contribution is 8.00. The van der Waals surface area contributed by atoms with E-state index in [9.17, 15) is 22.8 Å². The lowest BCUT2D eigenvalue weighted by Gasteiger charge is -2.22. The van der Waals surface area contributed by atoms with Crippen LogP contribution in [0.15, 0.2) is 47.5 Å². The average Bonchev–Trinajstić information content (AvgIpc) is 2.83. The first-order valence-corrected chi connectivity index (χ1v) is 9.09. The van der Waals surface area contributed by atoms with Gasteiger partial charge in [-0.1, -0.05) is 0 Å². The molecule has 1 unspecified atom stereocenters. The van der Waals surface area contributed by atoms with Crippen LogP contribution in [0.4, 0.5) is 23.7 Å². The molecule has 3 amide bonds. The molecule has 1 aromatic heterocycles. The molecule has 6 nitrogen and oxygen atoms in total. The number of thioether (sulfide) groups is 1. The number of aromatic nitrogens is 1. The highest BCUT2D eigenvalue weighted by Crippen LogP contribution is 2.38. The Morgan fingerprint density at radius 2 is 1.89 bits per heavy atom. The Kier molecular flexibility index (Phi) is 5.35. The minimum Gasteiger partial charge on any atom is -0.325 e. The predicted octanol–water partition coefficient (Wildman–Crippen LogP) is 3.21. The first-order valence-electron chi connectivity index (χ1n) is 8.28. The first kappa shape index (κ1) is 20.2. The van der Waals surface area contributed by atoms with Crippen LogP contribution in [0.2, 0.25) is 0 Å². The summed E-state index contributed by atoms with van der Waals surface area (Å²) >= 11 is -0.262. The Morgan fingerprint density at radius 1 is 1.21 bits per heavy atom. The molecule has 0 saturated carbocycles. The van der Waals surface area contributed by atoms with Gasteiger partial charge in [-0.25, -0.2) is 9.69 Å². The number of benzene rings is 1. The van der Waals surface area contributed by atoms with E-state index in [1.165, 1.54) is 24.3 Å². The van der Waals surface area contributed by atoms with E-state index >= 15 is 0 Å². The number of halogens is 3. The molecule has 1 aliphatic heterocycles. The number of hydrogen-bond donors (Lipinski definition) is 2. The molecule has 0 spiro atoms. The lowest BCUT2D eigenvalue weighted by molar-refractivity contribution is -0.121. The van der Waals surface area contributed by atoms with Crippen LogP contribution < -0.4 is 16.0 Å². The summed E-state index contributed by atoms with van der Waals surface area (Å²) in [5.41, 5.74) is 1.62. The Labute approximate surface area is 163 Å². The number of urea groups is 1. The summed E-state index contributed by atoms with van der Waals surface area (Å²) in [5.74, 6) is -0.486. The molecule has 148 valence electrons. The average molecular weight is 410 g/mol. The number of rotatable bonds is 5. The van der Waals surface area contributed by atoms with E-state index in [0.717, 1.165) is 10.5 Å². The number of carbonyl (C=O) groups is 2. The van der Waals surface area contributed by atoms with Crippen LogP contribution in [0.25, 0.3) is 0 Å². The van der Waals surface area contributed by atoms with Gasteiger partial charge in [-0.2, -0.15) is 13.2 Å². The number of carbonyl (C=O) groups excluding carboxylic acids is 2.